The Morgan fingerprint density at radius 1 is 0.522 bits per heavy atom. The van der Waals surface area contributed by atoms with Crippen molar-refractivity contribution in [3.63, 3.8) is 0 Å². The Morgan fingerprint density at radius 3 is 1.33 bits per heavy atom. The Balaban J connectivity index is 0.000000169. The highest BCUT2D eigenvalue weighted by atomic mass is 35.5. The third-order valence-corrected chi connectivity index (χ3v) is 27.3. The number of anilines is 2. The quantitative estimate of drug-likeness (QED) is 0.0145. The highest BCUT2D eigenvalue weighted by molar-refractivity contribution is 7.42. The number of aromatic amines is 2. The van der Waals surface area contributed by atoms with Crippen LogP contribution in [0.2, 0.25) is 15.1 Å². The van der Waals surface area contributed by atoms with Gasteiger partial charge in [0.05, 0.1) is 68.4 Å². The van der Waals surface area contributed by atoms with Gasteiger partial charge in [0.2, 0.25) is 17.2 Å². The van der Waals surface area contributed by atoms with E-state index in [1.54, 1.807) is 84.9 Å². The van der Waals surface area contributed by atoms with Crippen LogP contribution in [0.5, 0.6) is 28.7 Å². The van der Waals surface area contributed by atoms with E-state index in [2.05, 4.69) is 30.6 Å². The Kier molecular flexibility index (Phi) is 36.1. The Bertz CT molecular complexity index is 6150. The van der Waals surface area contributed by atoms with Gasteiger partial charge in [-0.2, -0.15) is 9.97 Å². The van der Waals surface area contributed by atoms with E-state index in [9.17, 15) is 97.1 Å². The highest BCUT2D eigenvalue weighted by Gasteiger charge is 2.73. The minimum atomic E-state index is -3.08. The monoisotopic (exact) mass is 2040 g/mol. The molecule has 4 aromatic heterocycles. The van der Waals surface area contributed by atoms with Gasteiger partial charge >= 0.3 is 74.8 Å². The number of amides is 2. The number of Topliss-reactive ketones (excluding diaryl/α,β-unsaturated/α-hetero) is 1. The molecule has 51 heteroatoms. The molecule has 19 atom stereocenters. The first-order valence-corrected chi connectivity index (χ1v) is 47.0. The lowest BCUT2D eigenvalue weighted by molar-refractivity contribution is -0.191. The molecule has 15 rings (SSSR count). The van der Waals surface area contributed by atoms with Gasteiger partial charge in [0.15, 0.2) is 55.6 Å². The average Bonchev–Trinajstić information content (AvgIpc) is 1.58. The van der Waals surface area contributed by atoms with Crippen LogP contribution in [0.25, 0.3) is 0 Å². The Morgan fingerprint density at radius 2 is 0.942 bits per heavy atom. The van der Waals surface area contributed by atoms with Crippen molar-refractivity contribution in [3.05, 3.63) is 258 Å². The second-order valence-corrected chi connectivity index (χ2v) is 37.0. The summed E-state index contributed by atoms with van der Waals surface area (Å²) in [5.41, 5.74) is -3.10. The molecule has 0 aliphatic carbocycles. The summed E-state index contributed by atoms with van der Waals surface area (Å²) in [6, 6.07) is 34.3. The fourth-order valence-corrected chi connectivity index (χ4v) is 19.0. The van der Waals surface area contributed by atoms with Crippen molar-refractivity contribution < 1.29 is 139 Å². The Labute approximate surface area is 799 Å². The van der Waals surface area contributed by atoms with Gasteiger partial charge in [-0.25, -0.2) is 19.2 Å². The molecule has 0 bridgehead atoms. The molecule has 45 nitrogen and oxygen atoms in total. The summed E-state index contributed by atoms with van der Waals surface area (Å²) in [5.74, 6) is -1.09. The van der Waals surface area contributed by atoms with Crippen molar-refractivity contribution in [2.75, 3.05) is 64.5 Å². The first-order chi connectivity index (χ1) is 65.9. The molecular formula is C87H95Cl3N10O35P3+3. The van der Waals surface area contributed by atoms with Crippen LogP contribution in [-0.2, 0) is 75.4 Å². The fraction of sp³-hybridized carbons (Fsp3) is 0.414. The van der Waals surface area contributed by atoms with E-state index in [1.807, 2.05) is 0 Å². The normalized spacial score (nSPS) is 24.8. The smallest absolute Gasteiger partial charge is 0.497 e. The summed E-state index contributed by atoms with van der Waals surface area (Å²) in [6.45, 7) is 4.02. The molecule has 138 heavy (non-hydrogen) atoms. The summed E-state index contributed by atoms with van der Waals surface area (Å²) < 4.78 is 127. The van der Waals surface area contributed by atoms with E-state index in [4.69, 9.17) is 105 Å². The van der Waals surface area contributed by atoms with E-state index in [1.165, 1.54) is 115 Å². The van der Waals surface area contributed by atoms with Crippen LogP contribution in [0.15, 0.2) is 187 Å². The molecule has 9 aromatic rings. The van der Waals surface area contributed by atoms with Crippen LogP contribution in [0, 0.1) is 13.8 Å². The number of aryl methyl sites for hydroxylation is 2. The molecule has 0 spiro atoms. The summed E-state index contributed by atoms with van der Waals surface area (Å²) in [6.07, 6.45) is -7.81. The largest absolute Gasteiger partial charge is 0.598 e. The molecule has 10 N–H and O–H groups in total. The average molecular weight is 2040 g/mol. The predicted molar refractivity (Wildman–Crippen MR) is 485 cm³/mol. The van der Waals surface area contributed by atoms with E-state index in [-0.39, 0.29) is 93.2 Å². The number of ether oxygens (including phenoxy) is 12. The zero-order chi connectivity index (χ0) is 99.6. The number of carbonyl (C=O) groups excluding carboxylic acids is 5. The molecule has 0 radical (unpaired) electrons. The number of aliphatic hydroxyl groups excluding tert-OH is 3. The van der Waals surface area contributed by atoms with E-state index >= 15 is 0 Å². The first kappa shape index (κ1) is 105. The standard InChI is InChI=1S/C28H33N3O11.C27H27ClN3O10P.2C16H16ClN2O7P/c1-16(32)6-11-22(34)39-15-20-24(40-17(2)33)25(42-23-5-4-14-38-23)27(41-20)31-13-12-21(30-28(31)36)29-26(35)18-7-9-19(37-3)10-8-18;1-37-17-10-8-16(9-11-17)24(33)29-21-12-13-31(26(34)30-21)25-23(40-22-7-4-14-38-22)27(35,20(15-32)39-25)42(36)41-19-6-3-2-5-18(19)28;2*1-9-7-19(15(22)18-14(9)21)13-6-16(23,12(8-20)25-13)27(24)26-11-5-3-2-4-10(11)17/h7-10,12-13,20,23-25,27H,4-6,11,14-15H2,1-3H3,(H,29,30,35,36);2-3,5-6,8-13,20,22-23,25,32,35H,4,7,14-15H2,1H3;2*2-5,7,12-13,20,23H,6,8H2,1H3/p+3/t20-,23?,24-,25-,27-;20-,22?,23+,25-,27+;2*12-,13-,16-/m1111/s1. The number of nitrogens with zero attached hydrogens (tertiary/aromatic N) is 6. The van der Waals surface area contributed by atoms with Crippen molar-refractivity contribution in [1.29, 1.82) is 0 Å². The van der Waals surface area contributed by atoms with Gasteiger partial charge < -0.3 is 103 Å². The number of ketones is 1. The number of aromatic nitrogens is 8. The lowest BCUT2D eigenvalue weighted by atomic mass is 10.1. The highest BCUT2D eigenvalue weighted by Crippen LogP contribution is 2.57. The van der Waals surface area contributed by atoms with Crippen LogP contribution in [0.1, 0.15) is 122 Å². The molecule has 6 aliphatic rings. The van der Waals surface area contributed by atoms with E-state index in [0.29, 0.717) is 55.1 Å². The second kappa shape index (κ2) is 47.4. The lowest BCUT2D eigenvalue weighted by Gasteiger charge is -2.27. The number of hydrogen-bond acceptors (Lipinski definition) is 37. The SMILES string of the molecule is COc1ccc(C(=O)Nc2ccn([C@@H]3O[C@H](CO)[C@](O)([P+](=O)Oc4ccccc4Cl)[C@H]3OC3CCCO3)c(=O)n2)cc1.COc1ccc(C(=O)Nc2ccn([C@@H]3O[C@H](COC(=O)CCC(C)=O)[C@@H](OC(C)=O)[C@H]3OC3CCCO3)c(=O)n2)cc1.Cc1cn([C@H]2C[C@@](O)([P+](=O)Oc3ccccc3Cl)[C@@H](CO)O2)c(=O)[nH]c1=O.Cc1cn([C@H]2C[C@@](O)([P+](=O)Oc3ccccc3Cl)[C@@H](CO)O2)c(=O)[nH]c1=O. The number of carbonyl (C=O) groups is 5. The van der Waals surface area contributed by atoms with Crippen molar-refractivity contribution in [2.45, 2.75) is 175 Å². The summed E-state index contributed by atoms with van der Waals surface area (Å²) in [5, 5.41) is 62.0. The molecule has 6 fully saturated rings. The molecule has 6 saturated heterocycles. The molecular weight excluding hydrogens is 1940 g/mol. The first-order valence-electron chi connectivity index (χ1n) is 42.3. The molecule has 736 valence electrons. The zero-order valence-corrected chi connectivity index (χ0v) is 79.0. The van der Waals surface area contributed by atoms with Gasteiger partial charge in [-0.3, -0.25) is 70.6 Å². The van der Waals surface area contributed by atoms with Crippen LogP contribution in [0.3, 0.4) is 0 Å². The van der Waals surface area contributed by atoms with Crippen LogP contribution in [-0.4, -0.2) is 224 Å². The zero-order valence-electron chi connectivity index (χ0n) is 74.1. The minimum Gasteiger partial charge on any atom is -0.497 e. The van der Waals surface area contributed by atoms with Crippen LogP contribution < -0.4 is 67.6 Å². The van der Waals surface area contributed by atoms with Crippen molar-refractivity contribution in [1.82, 2.24) is 38.2 Å². The topological polar surface area (TPSA) is 600 Å². The van der Waals surface area contributed by atoms with Gasteiger partial charge in [-0.05, 0) is 144 Å². The predicted octanol–water partition coefficient (Wildman–Crippen LogP) is 7.42. The van der Waals surface area contributed by atoms with Gasteiger partial charge in [0, 0.05) is 86.4 Å². The third kappa shape index (κ3) is 25.3. The van der Waals surface area contributed by atoms with Gasteiger partial charge in [-0.1, -0.05) is 71.2 Å². The minimum absolute atomic E-state index is 0.000790. The number of para-hydroxylation sites is 3. The maximum absolute atomic E-state index is 13.6. The number of methoxy groups -OCH3 is 2. The summed E-state index contributed by atoms with van der Waals surface area (Å²) >= 11 is 18.1. The number of aliphatic hydroxyl groups is 6. The van der Waals surface area contributed by atoms with Crippen LogP contribution >= 0.6 is 58.9 Å². The van der Waals surface area contributed by atoms with Crippen molar-refractivity contribution in [3.8, 4) is 28.7 Å². The maximum atomic E-state index is 13.6. The van der Waals surface area contributed by atoms with E-state index < -0.39 is 198 Å². The maximum Gasteiger partial charge on any atom is 0.598 e. The number of H-pyrrole nitrogens is 2. The molecule has 5 unspecified atom stereocenters. The molecule has 0 saturated carbocycles. The third-order valence-electron chi connectivity index (χ3n) is 21.9. The molecule has 2 amide bonds. The van der Waals surface area contributed by atoms with Crippen molar-refractivity contribution in [2.24, 2.45) is 0 Å². The number of halogens is 3. The van der Waals surface area contributed by atoms with Gasteiger partial charge in [0.1, 0.15) is 60.2 Å². The number of nitrogens with one attached hydrogen (secondary N) is 4. The Hall–Kier alpha value is -11.6. The molecule has 10 heterocycles. The number of hydrogen-bond donors (Lipinski definition) is 10. The molecule has 5 aromatic carbocycles. The molecule has 6 aliphatic heterocycles. The summed E-state index contributed by atoms with van der Waals surface area (Å²) in [4.78, 5) is 146. The number of esters is 2. The van der Waals surface area contributed by atoms with E-state index in [0.717, 1.165) is 24.7 Å². The fourth-order valence-electron chi connectivity index (χ4n) is 14.7. The lowest BCUT2D eigenvalue weighted by Crippen LogP contribution is -2.49. The number of rotatable bonds is 32. The number of benzene rings is 5. The van der Waals surface area contributed by atoms with Gasteiger partial charge in [-0.15, -0.1) is 0 Å². The van der Waals surface area contributed by atoms with Crippen LogP contribution in [0.4, 0.5) is 11.6 Å². The summed E-state index contributed by atoms with van der Waals surface area (Å²) in [7, 11) is -5.65. The van der Waals surface area contributed by atoms with Crippen molar-refractivity contribution >= 4 is 100 Å². The second-order valence-electron chi connectivity index (χ2n) is 31.4. The van der Waals surface area contributed by atoms with Gasteiger partial charge in [0.25, 0.3) is 22.9 Å².